The van der Waals surface area contributed by atoms with Crippen molar-refractivity contribution in [3.8, 4) is 0 Å². The highest BCUT2D eigenvalue weighted by molar-refractivity contribution is 6.67. The number of carbonyl (C=O) groups excluding carboxylic acids is 2. The van der Waals surface area contributed by atoms with Gasteiger partial charge >= 0.3 is 5.97 Å². The molecule has 0 radical (unpaired) electrons. The average Bonchev–Trinajstić information content (AvgIpc) is 2.33. The Morgan fingerprint density at radius 2 is 1.94 bits per heavy atom. The van der Waals surface area contributed by atoms with E-state index >= 15 is 0 Å². The first-order valence-electron chi connectivity index (χ1n) is 5.63. The van der Waals surface area contributed by atoms with Crippen molar-refractivity contribution >= 4 is 29.1 Å². The Labute approximate surface area is 106 Å². The van der Waals surface area contributed by atoms with Crippen molar-refractivity contribution in [3.63, 3.8) is 0 Å². The summed E-state index contributed by atoms with van der Waals surface area (Å²) in [5, 5.41) is 3.49. The Kier molecular flexibility index (Phi) is 9.43. The first-order valence-corrected chi connectivity index (χ1v) is 6.17. The van der Waals surface area contributed by atoms with Crippen LogP contribution in [0.1, 0.15) is 33.1 Å². The zero-order valence-electron chi connectivity index (χ0n) is 10.2. The van der Waals surface area contributed by atoms with Crippen molar-refractivity contribution in [2.24, 2.45) is 5.16 Å². The molecule has 0 fully saturated rings. The van der Waals surface area contributed by atoms with E-state index in [1.54, 1.807) is 6.92 Å². The van der Waals surface area contributed by atoms with E-state index in [2.05, 4.69) is 16.8 Å². The van der Waals surface area contributed by atoms with Gasteiger partial charge in [-0.15, -0.1) is 11.6 Å². The van der Waals surface area contributed by atoms with Crippen molar-refractivity contribution in [1.29, 1.82) is 0 Å². The summed E-state index contributed by atoms with van der Waals surface area (Å²) in [5.41, 5.74) is -0.377. The molecule has 6 heteroatoms. The highest BCUT2D eigenvalue weighted by Gasteiger charge is 2.21. The van der Waals surface area contributed by atoms with Crippen molar-refractivity contribution in [3.05, 3.63) is 0 Å². The van der Waals surface area contributed by atoms with E-state index in [0.717, 1.165) is 19.3 Å². The largest absolute Gasteiger partial charge is 0.461 e. The Bertz CT molecular complexity index is 279. The van der Waals surface area contributed by atoms with Crippen LogP contribution in [-0.2, 0) is 19.2 Å². The lowest BCUT2D eigenvalue weighted by molar-refractivity contribution is -0.135. The van der Waals surface area contributed by atoms with E-state index < -0.39 is 11.8 Å². The number of nitrogens with zero attached hydrogens (tertiary/aromatic N) is 1. The fourth-order valence-electron chi connectivity index (χ4n) is 0.992. The molecule has 17 heavy (non-hydrogen) atoms. The summed E-state index contributed by atoms with van der Waals surface area (Å²) in [6, 6.07) is 0. The maximum absolute atomic E-state index is 11.4. The van der Waals surface area contributed by atoms with Gasteiger partial charge in [0.05, 0.1) is 12.5 Å². The minimum atomic E-state index is -0.798. The molecule has 0 N–H and O–H groups in total. The first-order chi connectivity index (χ1) is 8.17. The molecule has 98 valence electrons. The molecule has 0 aromatic carbocycles. The highest BCUT2D eigenvalue weighted by atomic mass is 35.5. The predicted molar refractivity (Wildman–Crippen MR) is 65.3 cm³/mol. The van der Waals surface area contributed by atoms with Gasteiger partial charge in [-0.3, -0.25) is 4.79 Å². The molecule has 5 nitrogen and oxygen atoms in total. The first kappa shape index (κ1) is 15.9. The summed E-state index contributed by atoms with van der Waals surface area (Å²) in [6.45, 7) is 4.24. The third-order valence-corrected chi connectivity index (χ3v) is 2.09. The number of halogens is 1. The molecule has 0 aromatic heterocycles. The zero-order chi connectivity index (χ0) is 13.1. The van der Waals surface area contributed by atoms with Crippen LogP contribution in [0, 0.1) is 0 Å². The van der Waals surface area contributed by atoms with E-state index in [1.807, 2.05) is 0 Å². The molecular weight excluding hydrogens is 246 g/mol. The third-order valence-electron chi connectivity index (χ3n) is 1.85. The second-order valence-electron chi connectivity index (χ2n) is 3.26. The number of Topliss-reactive ketones (excluding diaryl/α,β-unsaturated/α-hetero) is 1. The Morgan fingerprint density at radius 1 is 1.24 bits per heavy atom. The van der Waals surface area contributed by atoms with Crippen LogP contribution >= 0.6 is 11.6 Å². The van der Waals surface area contributed by atoms with E-state index in [1.165, 1.54) is 0 Å². The number of oxime groups is 1. The fraction of sp³-hybridized carbons (Fsp3) is 0.727. The van der Waals surface area contributed by atoms with Crippen LogP contribution in [0.4, 0.5) is 0 Å². The molecule has 0 saturated carbocycles. The van der Waals surface area contributed by atoms with Gasteiger partial charge in [-0.1, -0.05) is 24.9 Å². The number of hydrogen-bond donors (Lipinski definition) is 0. The second-order valence-corrected chi connectivity index (χ2v) is 3.52. The molecule has 0 rings (SSSR count). The van der Waals surface area contributed by atoms with Gasteiger partial charge in [0.2, 0.25) is 11.5 Å². The quantitative estimate of drug-likeness (QED) is 0.159. The van der Waals surface area contributed by atoms with Crippen LogP contribution in [0.5, 0.6) is 0 Å². The molecule has 0 unspecified atom stereocenters. The number of ketones is 1. The molecule has 0 aliphatic rings. The Hall–Kier alpha value is -1.10. The van der Waals surface area contributed by atoms with Gasteiger partial charge in [-0.2, -0.15) is 0 Å². The molecule has 0 amide bonds. The second kappa shape index (κ2) is 10.1. The molecule has 0 atom stereocenters. The number of carbonyl (C=O) groups is 2. The lowest BCUT2D eigenvalue weighted by atomic mass is 10.3. The topological polar surface area (TPSA) is 65.0 Å². The van der Waals surface area contributed by atoms with Crippen LogP contribution in [0.2, 0.25) is 0 Å². The number of alkyl halides is 1. The molecule has 0 aliphatic heterocycles. The summed E-state index contributed by atoms with van der Waals surface area (Å²) in [6.07, 6.45) is 2.89. The summed E-state index contributed by atoms with van der Waals surface area (Å²) in [7, 11) is 0. The Balaban J connectivity index is 4.31. The van der Waals surface area contributed by atoms with Crippen molar-refractivity contribution in [2.75, 3.05) is 19.1 Å². The lowest BCUT2D eigenvalue weighted by Crippen LogP contribution is -2.27. The zero-order valence-corrected chi connectivity index (χ0v) is 11.0. The normalized spacial score (nSPS) is 11.1. The fourth-order valence-corrected chi connectivity index (χ4v) is 1.12. The minimum Gasteiger partial charge on any atom is -0.461 e. The lowest BCUT2D eigenvalue weighted by Gasteiger charge is -2.03. The van der Waals surface area contributed by atoms with Crippen molar-refractivity contribution in [1.82, 2.24) is 0 Å². The number of ether oxygens (including phenoxy) is 1. The number of hydrogen-bond acceptors (Lipinski definition) is 5. The molecule has 0 spiro atoms. The third kappa shape index (κ3) is 6.94. The van der Waals surface area contributed by atoms with Crippen LogP contribution in [0.3, 0.4) is 0 Å². The van der Waals surface area contributed by atoms with E-state index in [9.17, 15) is 9.59 Å². The van der Waals surface area contributed by atoms with Gasteiger partial charge in [0.15, 0.2) is 0 Å². The van der Waals surface area contributed by atoms with Crippen molar-refractivity contribution in [2.45, 2.75) is 33.1 Å². The monoisotopic (exact) mass is 263 g/mol. The SMILES string of the molecule is CCCCCO/N=C(\C(=O)CCl)C(=O)OCC. The summed E-state index contributed by atoms with van der Waals surface area (Å²) in [5.74, 6) is -1.72. The molecule has 0 saturated heterocycles. The number of rotatable bonds is 9. The van der Waals surface area contributed by atoms with E-state index in [-0.39, 0.29) is 18.2 Å². The standard InChI is InChI=1S/C11H18ClNO4/c1-3-5-6-7-17-13-10(9(14)8-12)11(15)16-4-2/h3-8H2,1-2H3/b13-10+. The number of unbranched alkanes of at least 4 members (excludes halogenated alkanes) is 2. The van der Waals surface area contributed by atoms with E-state index in [4.69, 9.17) is 16.4 Å². The van der Waals surface area contributed by atoms with Gasteiger partial charge in [0, 0.05) is 0 Å². The molecule has 0 heterocycles. The Morgan fingerprint density at radius 3 is 2.47 bits per heavy atom. The van der Waals surface area contributed by atoms with Gasteiger partial charge in [0.25, 0.3) is 0 Å². The number of esters is 1. The van der Waals surface area contributed by atoms with Crippen LogP contribution < -0.4 is 0 Å². The summed E-state index contributed by atoms with van der Waals surface area (Å²) < 4.78 is 4.68. The average molecular weight is 264 g/mol. The maximum atomic E-state index is 11.4. The molecular formula is C11H18ClNO4. The van der Waals surface area contributed by atoms with Gasteiger partial charge in [0.1, 0.15) is 6.61 Å². The predicted octanol–water partition coefficient (Wildman–Crippen LogP) is 1.92. The molecule has 0 bridgehead atoms. The molecule has 0 aliphatic carbocycles. The van der Waals surface area contributed by atoms with Gasteiger partial charge in [-0.05, 0) is 13.3 Å². The van der Waals surface area contributed by atoms with Crippen LogP contribution in [-0.4, -0.2) is 36.6 Å². The maximum Gasteiger partial charge on any atom is 0.364 e. The van der Waals surface area contributed by atoms with E-state index in [0.29, 0.717) is 6.61 Å². The van der Waals surface area contributed by atoms with Crippen LogP contribution in [0.15, 0.2) is 5.16 Å². The smallest absolute Gasteiger partial charge is 0.364 e. The summed E-state index contributed by atoms with van der Waals surface area (Å²) >= 11 is 5.36. The minimum absolute atomic E-state index is 0.170. The van der Waals surface area contributed by atoms with Gasteiger partial charge in [-0.25, -0.2) is 4.79 Å². The highest BCUT2D eigenvalue weighted by Crippen LogP contribution is 1.97. The van der Waals surface area contributed by atoms with Crippen molar-refractivity contribution < 1.29 is 19.2 Å². The summed E-state index contributed by atoms with van der Waals surface area (Å²) in [4.78, 5) is 27.6. The van der Waals surface area contributed by atoms with Gasteiger partial charge < -0.3 is 9.57 Å². The molecule has 0 aromatic rings. The van der Waals surface area contributed by atoms with Crippen LogP contribution in [0.25, 0.3) is 0 Å².